The Bertz CT molecular complexity index is 254. The Labute approximate surface area is 79.8 Å². The molecule has 0 N–H and O–H groups in total. The van der Waals surface area contributed by atoms with E-state index in [1.165, 1.54) is 12.8 Å². The number of fused-ring (bicyclic) bond motifs is 2. The third kappa shape index (κ3) is 0.562. The van der Waals surface area contributed by atoms with Gasteiger partial charge in [-0.1, -0.05) is 19.8 Å². The van der Waals surface area contributed by atoms with Crippen molar-refractivity contribution in [3.05, 3.63) is 0 Å². The molecule has 1 aliphatic heterocycles. The molecule has 13 heavy (non-hydrogen) atoms. The highest BCUT2D eigenvalue weighted by Crippen LogP contribution is 2.85. The van der Waals surface area contributed by atoms with E-state index >= 15 is 0 Å². The fourth-order valence-corrected chi connectivity index (χ4v) is 5.19. The van der Waals surface area contributed by atoms with E-state index in [0.29, 0.717) is 0 Å². The minimum Gasteiger partial charge on any atom is -0.381 e. The molecule has 0 aromatic rings. The van der Waals surface area contributed by atoms with E-state index in [2.05, 4.69) is 6.92 Å². The van der Waals surface area contributed by atoms with Gasteiger partial charge in [-0.25, -0.2) is 0 Å². The van der Waals surface area contributed by atoms with Crippen LogP contribution in [0.3, 0.4) is 0 Å². The summed E-state index contributed by atoms with van der Waals surface area (Å²) in [6.45, 7) is 4.56. The van der Waals surface area contributed by atoms with Gasteiger partial charge < -0.3 is 4.74 Å². The lowest BCUT2D eigenvalue weighted by atomic mass is 9.38. The molecular weight excluding hydrogens is 160 g/mol. The van der Waals surface area contributed by atoms with Gasteiger partial charge >= 0.3 is 0 Å². The zero-order chi connectivity index (χ0) is 8.63. The van der Waals surface area contributed by atoms with Gasteiger partial charge in [0.05, 0.1) is 13.2 Å². The second kappa shape index (κ2) is 1.98. The molecule has 4 rings (SSSR count). The first-order valence-corrected chi connectivity index (χ1v) is 5.97. The molecule has 0 radical (unpaired) electrons. The third-order valence-electron chi connectivity index (χ3n) is 5.55. The van der Waals surface area contributed by atoms with Crippen LogP contribution in [0.5, 0.6) is 0 Å². The van der Waals surface area contributed by atoms with Crippen LogP contribution in [0.4, 0.5) is 0 Å². The second-order valence-corrected chi connectivity index (χ2v) is 5.72. The normalized spacial score (nSPS) is 65.8. The number of ether oxygens (including phenoxy) is 1. The average Bonchev–Trinajstić information content (AvgIpc) is 2.71. The molecule has 4 aliphatic rings. The maximum Gasteiger partial charge on any atom is 0.0531 e. The summed E-state index contributed by atoms with van der Waals surface area (Å²) >= 11 is 0. The molecule has 6 atom stereocenters. The molecule has 1 heterocycles. The molecule has 4 fully saturated rings. The highest BCUT2D eigenvalue weighted by molar-refractivity contribution is 5.29. The van der Waals surface area contributed by atoms with Gasteiger partial charge in [-0.2, -0.15) is 0 Å². The summed E-state index contributed by atoms with van der Waals surface area (Å²) in [6, 6.07) is 0. The van der Waals surface area contributed by atoms with Gasteiger partial charge in [-0.3, -0.25) is 0 Å². The predicted molar refractivity (Wildman–Crippen MR) is 50.2 cm³/mol. The van der Waals surface area contributed by atoms with Crippen molar-refractivity contribution in [1.82, 2.24) is 0 Å². The molecule has 3 aliphatic carbocycles. The van der Waals surface area contributed by atoms with Crippen molar-refractivity contribution in [2.75, 3.05) is 13.2 Å². The van der Waals surface area contributed by atoms with E-state index in [1.54, 1.807) is 6.42 Å². The summed E-state index contributed by atoms with van der Waals surface area (Å²) in [7, 11) is 0. The maximum atomic E-state index is 5.73. The van der Waals surface area contributed by atoms with Crippen LogP contribution in [0.25, 0.3) is 0 Å². The number of hydrogen-bond acceptors (Lipinski definition) is 1. The number of hydrogen-bond donors (Lipinski definition) is 0. The van der Waals surface area contributed by atoms with Gasteiger partial charge in [0.2, 0.25) is 0 Å². The first-order valence-electron chi connectivity index (χ1n) is 5.97. The molecule has 0 aromatic carbocycles. The average molecular weight is 178 g/mol. The lowest BCUT2D eigenvalue weighted by molar-refractivity contribution is -0.184. The van der Waals surface area contributed by atoms with Crippen molar-refractivity contribution in [3.63, 3.8) is 0 Å². The Morgan fingerprint density at radius 2 is 2.31 bits per heavy atom. The second-order valence-electron chi connectivity index (χ2n) is 5.72. The number of rotatable bonds is 2. The molecule has 3 saturated carbocycles. The molecule has 0 aromatic heterocycles. The molecule has 1 nitrogen and oxygen atoms in total. The zero-order valence-corrected chi connectivity index (χ0v) is 8.33. The quantitative estimate of drug-likeness (QED) is 0.630. The minimum absolute atomic E-state index is 0.754. The Morgan fingerprint density at radius 1 is 1.38 bits per heavy atom. The molecule has 1 unspecified atom stereocenters. The summed E-state index contributed by atoms with van der Waals surface area (Å²) in [4.78, 5) is 0. The van der Waals surface area contributed by atoms with Crippen molar-refractivity contribution in [1.29, 1.82) is 0 Å². The fraction of sp³-hybridized carbons (Fsp3) is 1.00. The van der Waals surface area contributed by atoms with E-state index in [1.807, 2.05) is 0 Å². The van der Waals surface area contributed by atoms with Crippen LogP contribution < -0.4 is 0 Å². The topological polar surface area (TPSA) is 9.23 Å². The molecular formula is C12H18O. The van der Waals surface area contributed by atoms with Crippen LogP contribution >= 0.6 is 0 Å². The van der Waals surface area contributed by atoms with Gasteiger partial charge in [0.15, 0.2) is 0 Å². The molecule has 1 saturated heterocycles. The summed E-state index contributed by atoms with van der Waals surface area (Å²) in [6.07, 6.45) is 4.42. The van der Waals surface area contributed by atoms with Crippen molar-refractivity contribution >= 4 is 0 Å². The Morgan fingerprint density at radius 3 is 3.15 bits per heavy atom. The SMILES string of the molecule is CCC[C@@H]1[C@@H]2[C@H]3C[C@H]3C23COC[C@@H]13. The Balaban J connectivity index is 1.64. The highest BCUT2D eigenvalue weighted by Gasteiger charge is 2.83. The Kier molecular flexibility index (Phi) is 1.11. The zero-order valence-electron chi connectivity index (χ0n) is 8.33. The molecule has 1 heteroatoms. The lowest BCUT2D eigenvalue weighted by Crippen LogP contribution is -2.64. The standard InChI is InChI=1S/C12H18O/c1-2-3-7-10-5-13-6-12(10)9-4-8(9)11(7)12/h7-11H,2-6H2,1H3/t7-,8-,9+,10-,11+,12?/m0/s1. The van der Waals surface area contributed by atoms with Gasteiger partial charge in [0, 0.05) is 5.41 Å². The first-order chi connectivity index (χ1) is 6.39. The molecule has 72 valence electrons. The van der Waals surface area contributed by atoms with Crippen LogP contribution in [0.15, 0.2) is 0 Å². The summed E-state index contributed by atoms with van der Waals surface area (Å²) in [5.74, 6) is 5.45. The van der Waals surface area contributed by atoms with Crippen LogP contribution in [-0.2, 0) is 4.74 Å². The maximum absolute atomic E-state index is 5.73. The van der Waals surface area contributed by atoms with Gasteiger partial charge in [0.25, 0.3) is 0 Å². The van der Waals surface area contributed by atoms with Crippen molar-refractivity contribution in [2.45, 2.75) is 26.2 Å². The third-order valence-corrected chi connectivity index (χ3v) is 5.55. The molecule has 1 spiro atoms. The molecule has 0 amide bonds. The van der Waals surface area contributed by atoms with Crippen LogP contribution in [-0.4, -0.2) is 13.2 Å². The van der Waals surface area contributed by atoms with Crippen LogP contribution in [0, 0.1) is 35.0 Å². The monoisotopic (exact) mass is 178 g/mol. The van der Waals surface area contributed by atoms with E-state index in [9.17, 15) is 0 Å². The van der Waals surface area contributed by atoms with Gasteiger partial charge in [-0.15, -0.1) is 0 Å². The predicted octanol–water partition coefficient (Wildman–Crippen LogP) is 2.32. The minimum atomic E-state index is 0.754. The lowest BCUT2D eigenvalue weighted by Gasteiger charge is -2.65. The summed E-state index contributed by atoms with van der Waals surface area (Å²) < 4.78 is 5.73. The van der Waals surface area contributed by atoms with Gasteiger partial charge in [-0.05, 0) is 36.0 Å². The van der Waals surface area contributed by atoms with E-state index < -0.39 is 0 Å². The first kappa shape index (κ1) is 7.28. The molecule has 0 bridgehead atoms. The highest BCUT2D eigenvalue weighted by atomic mass is 16.5. The van der Waals surface area contributed by atoms with E-state index in [4.69, 9.17) is 4.74 Å². The van der Waals surface area contributed by atoms with Crippen molar-refractivity contribution in [3.8, 4) is 0 Å². The van der Waals surface area contributed by atoms with Gasteiger partial charge in [0.1, 0.15) is 0 Å². The summed E-state index contributed by atoms with van der Waals surface area (Å²) in [5.41, 5.74) is 0.754. The van der Waals surface area contributed by atoms with Crippen molar-refractivity contribution < 1.29 is 4.74 Å². The fourth-order valence-electron chi connectivity index (χ4n) is 5.19. The Hall–Kier alpha value is -0.0400. The largest absolute Gasteiger partial charge is 0.381 e. The van der Waals surface area contributed by atoms with Crippen LogP contribution in [0.1, 0.15) is 26.2 Å². The van der Waals surface area contributed by atoms with E-state index in [0.717, 1.165) is 48.2 Å². The summed E-state index contributed by atoms with van der Waals surface area (Å²) in [5, 5.41) is 0. The van der Waals surface area contributed by atoms with Crippen molar-refractivity contribution in [2.24, 2.45) is 35.0 Å². The smallest absolute Gasteiger partial charge is 0.0531 e. The van der Waals surface area contributed by atoms with E-state index in [-0.39, 0.29) is 0 Å². The van der Waals surface area contributed by atoms with Crippen LogP contribution in [0.2, 0.25) is 0 Å².